The van der Waals surface area contributed by atoms with Crippen LogP contribution in [0.2, 0.25) is 0 Å². The minimum Gasteiger partial charge on any atom is -0.487 e. The Hall–Kier alpha value is -1.35. The maximum absolute atomic E-state index is 5.78. The van der Waals surface area contributed by atoms with Crippen LogP contribution in [-0.2, 0) is 11.9 Å². The molecule has 2 nitrogen and oxygen atoms in total. The molecular weight excluding hydrogens is 278 g/mol. The summed E-state index contributed by atoms with van der Waals surface area (Å²) in [6, 6.07) is 14.0. The van der Waals surface area contributed by atoms with Crippen molar-refractivity contribution in [3.63, 3.8) is 0 Å². The van der Waals surface area contributed by atoms with Gasteiger partial charge in [-0.1, -0.05) is 40.2 Å². The molecule has 0 atom stereocenters. The van der Waals surface area contributed by atoms with Gasteiger partial charge in [-0.2, -0.15) is 0 Å². The SMILES string of the molecule is Cc1cccc(COc2ccccc2CBr)n1. The molecule has 0 radical (unpaired) electrons. The van der Waals surface area contributed by atoms with E-state index in [-0.39, 0.29) is 0 Å². The second-order valence-electron chi connectivity index (χ2n) is 3.80. The van der Waals surface area contributed by atoms with Gasteiger partial charge in [0.2, 0.25) is 0 Å². The summed E-state index contributed by atoms with van der Waals surface area (Å²) in [6.07, 6.45) is 0. The second kappa shape index (κ2) is 5.82. The zero-order chi connectivity index (χ0) is 12.1. The van der Waals surface area contributed by atoms with Gasteiger partial charge < -0.3 is 4.74 Å². The minimum atomic E-state index is 0.506. The summed E-state index contributed by atoms with van der Waals surface area (Å²) in [7, 11) is 0. The van der Waals surface area contributed by atoms with Gasteiger partial charge >= 0.3 is 0 Å². The van der Waals surface area contributed by atoms with E-state index in [4.69, 9.17) is 4.74 Å². The second-order valence-corrected chi connectivity index (χ2v) is 4.36. The highest BCUT2D eigenvalue weighted by atomic mass is 79.9. The topological polar surface area (TPSA) is 22.1 Å². The van der Waals surface area contributed by atoms with Gasteiger partial charge in [-0.25, -0.2) is 0 Å². The molecule has 1 aromatic heterocycles. The monoisotopic (exact) mass is 291 g/mol. The van der Waals surface area contributed by atoms with E-state index in [9.17, 15) is 0 Å². The molecule has 0 spiro atoms. The van der Waals surface area contributed by atoms with Crippen LogP contribution >= 0.6 is 15.9 Å². The smallest absolute Gasteiger partial charge is 0.130 e. The molecule has 0 aliphatic heterocycles. The molecule has 2 aromatic rings. The molecule has 3 heteroatoms. The summed E-state index contributed by atoms with van der Waals surface area (Å²) in [6.45, 7) is 2.49. The standard InChI is InChI=1S/C14H14BrNO/c1-11-5-4-7-13(16-11)10-17-14-8-3-2-6-12(14)9-15/h2-8H,9-10H2,1H3. The van der Waals surface area contributed by atoms with Crippen LogP contribution in [0.4, 0.5) is 0 Å². The highest BCUT2D eigenvalue weighted by Gasteiger charge is 2.02. The van der Waals surface area contributed by atoms with Crippen LogP contribution < -0.4 is 4.74 Å². The summed E-state index contributed by atoms with van der Waals surface area (Å²) in [4.78, 5) is 4.41. The maximum atomic E-state index is 5.78. The number of aromatic nitrogens is 1. The van der Waals surface area contributed by atoms with Crippen LogP contribution in [0.1, 0.15) is 17.0 Å². The van der Waals surface area contributed by atoms with Gasteiger partial charge in [0.25, 0.3) is 0 Å². The number of hydrogen-bond acceptors (Lipinski definition) is 2. The van der Waals surface area contributed by atoms with E-state index in [0.29, 0.717) is 6.61 Å². The lowest BCUT2D eigenvalue weighted by molar-refractivity contribution is 0.299. The summed E-state index contributed by atoms with van der Waals surface area (Å²) in [5, 5.41) is 0.796. The Kier molecular flexibility index (Phi) is 4.15. The Balaban J connectivity index is 2.07. The highest BCUT2D eigenvalue weighted by Crippen LogP contribution is 2.21. The van der Waals surface area contributed by atoms with E-state index in [1.807, 2.05) is 49.4 Å². The van der Waals surface area contributed by atoms with E-state index < -0.39 is 0 Å². The summed E-state index contributed by atoms with van der Waals surface area (Å²) >= 11 is 3.45. The maximum Gasteiger partial charge on any atom is 0.130 e. The van der Waals surface area contributed by atoms with Crippen molar-refractivity contribution in [1.29, 1.82) is 0 Å². The van der Waals surface area contributed by atoms with Gasteiger partial charge in [0.1, 0.15) is 12.4 Å². The Morgan fingerprint density at radius 1 is 1.12 bits per heavy atom. The van der Waals surface area contributed by atoms with Crippen LogP contribution in [0.25, 0.3) is 0 Å². The lowest BCUT2D eigenvalue weighted by Gasteiger charge is -2.09. The zero-order valence-electron chi connectivity index (χ0n) is 9.69. The van der Waals surface area contributed by atoms with Crippen molar-refractivity contribution in [3.05, 3.63) is 59.4 Å². The number of pyridine rings is 1. The minimum absolute atomic E-state index is 0.506. The molecule has 1 heterocycles. The van der Waals surface area contributed by atoms with Gasteiger partial charge in [-0.3, -0.25) is 4.98 Å². The van der Waals surface area contributed by atoms with E-state index in [0.717, 1.165) is 28.0 Å². The van der Waals surface area contributed by atoms with Crippen LogP contribution in [0.3, 0.4) is 0 Å². The Morgan fingerprint density at radius 2 is 1.94 bits per heavy atom. The largest absolute Gasteiger partial charge is 0.487 e. The lowest BCUT2D eigenvalue weighted by Crippen LogP contribution is -2.00. The van der Waals surface area contributed by atoms with Crippen molar-refractivity contribution >= 4 is 15.9 Å². The number of nitrogens with zero attached hydrogens (tertiary/aromatic N) is 1. The first-order valence-corrected chi connectivity index (χ1v) is 6.61. The first-order chi connectivity index (χ1) is 8.29. The van der Waals surface area contributed by atoms with E-state index in [1.54, 1.807) is 0 Å². The first-order valence-electron chi connectivity index (χ1n) is 5.49. The molecule has 0 saturated carbocycles. The number of para-hydroxylation sites is 1. The molecule has 17 heavy (non-hydrogen) atoms. The Morgan fingerprint density at radius 3 is 2.71 bits per heavy atom. The number of alkyl halides is 1. The number of halogens is 1. The van der Waals surface area contributed by atoms with Crippen LogP contribution in [0.15, 0.2) is 42.5 Å². The average molecular weight is 292 g/mol. The van der Waals surface area contributed by atoms with Gasteiger partial charge in [0.05, 0.1) is 5.69 Å². The highest BCUT2D eigenvalue weighted by molar-refractivity contribution is 9.08. The lowest BCUT2D eigenvalue weighted by atomic mass is 10.2. The molecule has 0 aliphatic carbocycles. The fourth-order valence-electron chi connectivity index (χ4n) is 1.59. The number of rotatable bonds is 4. The fraction of sp³-hybridized carbons (Fsp3) is 0.214. The number of hydrogen-bond donors (Lipinski definition) is 0. The van der Waals surface area contributed by atoms with Gasteiger partial charge in [-0.05, 0) is 25.1 Å². The van der Waals surface area contributed by atoms with E-state index >= 15 is 0 Å². The molecule has 0 fully saturated rings. The third kappa shape index (κ3) is 3.30. The van der Waals surface area contributed by atoms with Crippen molar-refractivity contribution < 1.29 is 4.74 Å². The number of benzene rings is 1. The zero-order valence-corrected chi connectivity index (χ0v) is 11.3. The summed E-state index contributed by atoms with van der Waals surface area (Å²) in [5.41, 5.74) is 3.12. The van der Waals surface area contributed by atoms with E-state index in [1.165, 1.54) is 0 Å². The van der Waals surface area contributed by atoms with Crippen molar-refractivity contribution in [1.82, 2.24) is 4.98 Å². The number of ether oxygens (including phenoxy) is 1. The first kappa shape index (κ1) is 12.1. The van der Waals surface area contributed by atoms with E-state index in [2.05, 4.69) is 20.9 Å². The predicted molar refractivity (Wildman–Crippen MR) is 72.4 cm³/mol. The molecule has 88 valence electrons. The number of aryl methyl sites for hydroxylation is 1. The Labute approximate surface area is 110 Å². The molecule has 0 amide bonds. The van der Waals surface area contributed by atoms with Crippen molar-refractivity contribution in [2.24, 2.45) is 0 Å². The third-order valence-electron chi connectivity index (χ3n) is 2.44. The van der Waals surface area contributed by atoms with Gasteiger partial charge in [-0.15, -0.1) is 0 Å². The quantitative estimate of drug-likeness (QED) is 0.798. The van der Waals surface area contributed by atoms with Crippen molar-refractivity contribution in [2.45, 2.75) is 18.9 Å². The molecule has 2 rings (SSSR count). The van der Waals surface area contributed by atoms with Crippen molar-refractivity contribution in [2.75, 3.05) is 0 Å². The predicted octanol–water partition coefficient (Wildman–Crippen LogP) is 3.86. The molecule has 0 N–H and O–H groups in total. The average Bonchev–Trinajstić information content (AvgIpc) is 2.37. The fourth-order valence-corrected chi connectivity index (χ4v) is 2.05. The molecule has 0 aliphatic rings. The summed E-state index contributed by atoms with van der Waals surface area (Å²) < 4.78 is 5.78. The van der Waals surface area contributed by atoms with Crippen LogP contribution in [0.5, 0.6) is 5.75 Å². The molecule has 0 bridgehead atoms. The van der Waals surface area contributed by atoms with Crippen molar-refractivity contribution in [3.8, 4) is 5.75 Å². The van der Waals surface area contributed by atoms with Crippen LogP contribution in [0, 0.1) is 6.92 Å². The van der Waals surface area contributed by atoms with Gasteiger partial charge in [0, 0.05) is 16.6 Å². The molecule has 1 aromatic carbocycles. The third-order valence-corrected chi connectivity index (χ3v) is 3.04. The Bertz CT molecular complexity index is 499. The van der Waals surface area contributed by atoms with Gasteiger partial charge in [0.15, 0.2) is 0 Å². The normalized spacial score (nSPS) is 10.2. The molecular formula is C14H14BrNO. The molecule has 0 unspecified atom stereocenters. The molecule has 0 saturated heterocycles. The van der Waals surface area contributed by atoms with Crippen LogP contribution in [-0.4, -0.2) is 4.98 Å². The summed E-state index contributed by atoms with van der Waals surface area (Å²) in [5.74, 6) is 0.910.